The van der Waals surface area contributed by atoms with Gasteiger partial charge < -0.3 is 9.64 Å². The topological polar surface area (TPSA) is 29.5 Å². The summed E-state index contributed by atoms with van der Waals surface area (Å²) in [7, 11) is 1.65. The van der Waals surface area contributed by atoms with Gasteiger partial charge in [-0.1, -0.05) is 0 Å². The molecular formula is C12H18BrNO2S. The van der Waals surface area contributed by atoms with Crippen LogP contribution in [0.5, 0.6) is 0 Å². The van der Waals surface area contributed by atoms with E-state index in [1.54, 1.807) is 7.11 Å². The molecule has 0 unspecified atom stereocenters. The minimum absolute atomic E-state index is 0.0795. The number of hydrogen-bond acceptors (Lipinski definition) is 3. The molecule has 0 aromatic carbocycles. The van der Waals surface area contributed by atoms with Crippen LogP contribution in [0.3, 0.4) is 0 Å². The summed E-state index contributed by atoms with van der Waals surface area (Å²) in [5, 5.41) is 0. The van der Waals surface area contributed by atoms with Crippen LogP contribution in [-0.4, -0.2) is 37.1 Å². The zero-order valence-corrected chi connectivity index (χ0v) is 13.0. The molecule has 0 aliphatic rings. The van der Waals surface area contributed by atoms with Crippen molar-refractivity contribution in [1.82, 2.24) is 4.90 Å². The van der Waals surface area contributed by atoms with E-state index in [0.29, 0.717) is 13.2 Å². The van der Waals surface area contributed by atoms with Gasteiger partial charge in [-0.25, -0.2) is 0 Å². The Bertz CT molecular complexity index is 370. The highest BCUT2D eigenvalue weighted by molar-refractivity contribution is 9.11. The Morgan fingerprint density at radius 1 is 1.59 bits per heavy atom. The van der Waals surface area contributed by atoms with Crippen LogP contribution in [0.15, 0.2) is 9.85 Å². The summed E-state index contributed by atoms with van der Waals surface area (Å²) < 4.78 is 6.06. The fourth-order valence-electron chi connectivity index (χ4n) is 1.49. The highest BCUT2D eigenvalue weighted by atomic mass is 79.9. The number of carbonyl (C=O) groups is 1. The van der Waals surface area contributed by atoms with Crippen molar-refractivity contribution in [3.05, 3.63) is 20.3 Å². The van der Waals surface area contributed by atoms with Crippen LogP contribution in [0.4, 0.5) is 0 Å². The number of hydrogen-bond donors (Lipinski definition) is 0. The van der Waals surface area contributed by atoms with Crippen LogP contribution in [0, 0.1) is 6.92 Å². The minimum Gasteiger partial charge on any atom is -0.383 e. The third-order valence-electron chi connectivity index (χ3n) is 2.49. The largest absolute Gasteiger partial charge is 0.383 e. The van der Waals surface area contributed by atoms with Crippen molar-refractivity contribution in [3.8, 4) is 0 Å². The summed E-state index contributed by atoms with van der Waals surface area (Å²) in [6, 6.07) is 2.11. The molecule has 0 spiro atoms. The van der Waals surface area contributed by atoms with E-state index in [-0.39, 0.29) is 11.9 Å². The Kier molecular flexibility index (Phi) is 5.62. The Morgan fingerprint density at radius 3 is 2.65 bits per heavy atom. The quantitative estimate of drug-likeness (QED) is 0.833. The van der Waals surface area contributed by atoms with E-state index < -0.39 is 0 Å². The maximum Gasteiger partial charge on any atom is 0.264 e. The number of carbonyl (C=O) groups excluding carboxylic acids is 1. The van der Waals surface area contributed by atoms with E-state index in [9.17, 15) is 4.79 Å². The lowest BCUT2D eigenvalue weighted by Crippen LogP contribution is -2.38. The molecule has 0 aliphatic carbocycles. The number of ether oxygens (including phenoxy) is 1. The van der Waals surface area contributed by atoms with Gasteiger partial charge in [0.25, 0.3) is 5.91 Å². The van der Waals surface area contributed by atoms with Gasteiger partial charge in [0.1, 0.15) is 0 Å². The molecule has 3 nitrogen and oxygen atoms in total. The first-order chi connectivity index (χ1) is 7.97. The fourth-order valence-corrected chi connectivity index (χ4v) is 2.98. The summed E-state index contributed by atoms with van der Waals surface area (Å²) in [6.45, 7) is 7.22. The van der Waals surface area contributed by atoms with Crippen molar-refractivity contribution in [2.75, 3.05) is 20.3 Å². The summed E-state index contributed by atoms with van der Waals surface area (Å²) >= 11 is 4.93. The van der Waals surface area contributed by atoms with Gasteiger partial charge in [0.05, 0.1) is 15.3 Å². The molecule has 0 bridgehead atoms. The van der Waals surface area contributed by atoms with Crippen molar-refractivity contribution in [3.63, 3.8) is 0 Å². The SMILES string of the molecule is COCCN(C(=O)c1cc(C)c(Br)s1)C(C)C. The second-order valence-corrected chi connectivity index (χ2v) is 6.52. The summed E-state index contributed by atoms with van der Waals surface area (Å²) in [5.74, 6) is 0.0795. The minimum atomic E-state index is 0.0795. The lowest BCUT2D eigenvalue weighted by molar-refractivity contribution is 0.0640. The van der Waals surface area contributed by atoms with Crippen molar-refractivity contribution >= 4 is 33.2 Å². The van der Waals surface area contributed by atoms with Crippen LogP contribution < -0.4 is 0 Å². The Hall–Kier alpha value is -0.390. The normalized spacial score (nSPS) is 10.9. The Balaban J connectivity index is 2.84. The second-order valence-electron chi connectivity index (χ2n) is 4.15. The van der Waals surface area contributed by atoms with Gasteiger partial charge in [0, 0.05) is 19.7 Å². The lowest BCUT2D eigenvalue weighted by Gasteiger charge is -2.25. The maximum absolute atomic E-state index is 12.3. The monoisotopic (exact) mass is 319 g/mol. The van der Waals surface area contributed by atoms with Crippen LogP contribution >= 0.6 is 27.3 Å². The molecule has 1 aromatic heterocycles. The molecule has 0 N–H and O–H groups in total. The molecule has 17 heavy (non-hydrogen) atoms. The maximum atomic E-state index is 12.3. The fraction of sp³-hybridized carbons (Fsp3) is 0.583. The van der Waals surface area contributed by atoms with Crippen molar-refractivity contribution in [2.24, 2.45) is 0 Å². The average Bonchev–Trinajstić information content (AvgIpc) is 2.59. The molecule has 5 heteroatoms. The molecular weight excluding hydrogens is 302 g/mol. The van der Waals surface area contributed by atoms with E-state index in [1.165, 1.54) is 11.3 Å². The molecule has 1 heterocycles. The molecule has 1 amide bonds. The molecule has 0 fully saturated rings. The molecule has 1 aromatic rings. The van der Waals surface area contributed by atoms with Gasteiger partial charge >= 0.3 is 0 Å². The molecule has 0 saturated carbocycles. The zero-order valence-electron chi connectivity index (χ0n) is 10.6. The molecule has 0 saturated heterocycles. The van der Waals surface area contributed by atoms with E-state index in [4.69, 9.17) is 4.74 Å². The lowest BCUT2D eigenvalue weighted by atomic mass is 10.2. The van der Waals surface area contributed by atoms with Gasteiger partial charge in [0.2, 0.25) is 0 Å². The molecule has 96 valence electrons. The summed E-state index contributed by atoms with van der Waals surface area (Å²) in [6.07, 6.45) is 0. The van der Waals surface area contributed by atoms with E-state index in [0.717, 1.165) is 14.2 Å². The average molecular weight is 320 g/mol. The number of rotatable bonds is 5. The Morgan fingerprint density at radius 2 is 2.24 bits per heavy atom. The van der Waals surface area contributed by atoms with Gasteiger partial charge in [0.15, 0.2) is 0 Å². The van der Waals surface area contributed by atoms with Crippen molar-refractivity contribution in [1.29, 1.82) is 0 Å². The van der Waals surface area contributed by atoms with Gasteiger partial charge in [-0.05, 0) is 48.3 Å². The number of methoxy groups -OCH3 is 1. The first kappa shape index (κ1) is 14.7. The number of amides is 1. The first-order valence-corrected chi connectivity index (χ1v) is 7.14. The number of thiophene rings is 1. The van der Waals surface area contributed by atoms with Crippen molar-refractivity contribution < 1.29 is 9.53 Å². The molecule has 0 radical (unpaired) electrons. The number of halogens is 1. The molecule has 0 atom stereocenters. The highest BCUT2D eigenvalue weighted by Gasteiger charge is 2.20. The highest BCUT2D eigenvalue weighted by Crippen LogP contribution is 2.28. The molecule has 1 rings (SSSR count). The Labute approximate surface area is 115 Å². The van der Waals surface area contributed by atoms with Crippen LogP contribution in [0.2, 0.25) is 0 Å². The molecule has 0 aliphatic heterocycles. The third-order valence-corrected chi connectivity index (χ3v) is 4.61. The van der Waals surface area contributed by atoms with Crippen LogP contribution in [-0.2, 0) is 4.74 Å². The second kappa shape index (κ2) is 6.52. The van der Waals surface area contributed by atoms with E-state index >= 15 is 0 Å². The van der Waals surface area contributed by atoms with Gasteiger partial charge in [-0.3, -0.25) is 4.79 Å². The zero-order chi connectivity index (χ0) is 13.0. The summed E-state index contributed by atoms with van der Waals surface area (Å²) in [4.78, 5) is 14.9. The summed E-state index contributed by atoms with van der Waals surface area (Å²) in [5.41, 5.74) is 1.11. The van der Waals surface area contributed by atoms with Gasteiger partial charge in [-0.2, -0.15) is 0 Å². The number of nitrogens with zero attached hydrogens (tertiary/aromatic N) is 1. The van der Waals surface area contributed by atoms with Crippen molar-refractivity contribution in [2.45, 2.75) is 26.8 Å². The standard InChI is InChI=1S/C12H18BrNO2S/c1-8(2)14(5-6-16-4)12(15)10-7-9(3)11(13)17-10/h7-8H,5-6H2,1-4H3. The van der Waals surface area contributed by atoms with Crippen LogP contribution in [0.1, 0.15) is 29.1 Å². The first-order valence-electron chi connectivity index (χ1n) is 5.53. The predicted octanol–water partition coefficient (Wildman–Crippen LogP) is 3.32. The third kappa shape index (κ3) is 3.79. The van der Waals surface area contributed by atoms with Gasteiger partial charge in [-0.15, -0.1) is 11.3 Å². The van der Waals surface area contributed by atoms with E-state index in [2.05, 4.69) is 15.9 Å². The smallest absolute Gasteiger partial charge is 0.264 e. The van der Waals surface area contributed by atoms with Crippen LogP contribution in [0.25, 0.3) is 0 Å². The van der Waals surface area contributed by atoms with E-state index in [1.807, 2.05) is 31.7 Å². The number of aryl methyl sites for hydroxylation is 1. The predicted molar refractivity (Wildman–Crippen MR) is 74.8 cm³/mol.